The number of anilines is 1. The predicted octanol–water partition coefficient (Wildman–Crippen LogP) is 4.05. The number of benzene rings is 2. The Bertz CT molecular complexity index is 703. The molecule has 0 unspecified atom stereocenters. The van der Waals surface area contributed by atoms with Crippen LogP contribution in [-0.4, -0.2) is 5.91 Å². The number of hydrogen-bond acceptors (Lipinski definition) is 2. The van der Waals surface area contributed by atoms with Gasteiger partial charge in [0, 0.05) is 23.7 Å². The average Bonchev–Trinajstić information content (AvgIpc) is 2.48. The molecule has 108 valence electrons. The predicted molar refractivity (Wildman–Crippen MR) is 81.8 cm³/mol. The Morgan fingerprint density at radius 2 is 2.10 bits per heavy atom. The lowest BCUT2D eigenvalue weighted by Gasteiger charge is -2.18. The SMILES string of the molecule is O=C1CCc2ccc(OCc3cccc(F)c3Br)cc2N1. The van der Waals surface area contributed by atoms with Gasteiger partial charge in [0.25, 0.3) is 0 Å². The van der Waals surface area contributed by atoms with Gasteiger partial charge in [-0.05, 0) is 40.0 Å². The van der Waals surface area contributed by atoms with E-state index < -0.39 is 0 Å². The van der Waals surface area contributed by atoms with Crippen LogP contribution >= 0.6 is 15.9 Å². The molecule has 1 amide bonds. The number of nitrogens with one attached hydrogen (secondary N) is 1. The van der Waals surface area contributed by atoms with Crippen molar-refractivity contribution in [1.29, 1.82) is 0 Å². The number of carbonyl (C=O) groups is 1. The molecule has 2 aromatic rings. The summed E-state index contributed by atoms with van der Waals surface area (Å²) in [6.45, 7) is 0.255. The van der Waals surface area contributed by atoms with Crippen LogP contribution in [0, 0.1) is 5.82 Å². The molecule has 0 aromatic heterocycles. The van der Waals surface area contributed by atoms with Crippen molar-refractivity contribution in [3.05, 3.63) is 57.8 Å². The van der Waals surface area contributed by atoms with E-state index in [1.165, 1.54) is 6.07 Å². The van der Waals surface area contributed by atoms with Crippen LogP contribution in [0.5, 0.6) is 5.75 Å². The number of rotatable bonds is 3. The number of carbonyl (C=O) groups excluding carboxylic acids is 1. The highest BCUT2D eigenvalue weighted by Crippen LogP contribution is 2.28. The molecular formula is C16H13BrFNO2. The molecule has 21 heavy (non-hydrogen) atoms. The van der Waals surface area contributed by atoms with Crippen LogP contribution in [0.4, 0.5) is 10.1 Å². The maximum Gasteiger partial charge on any atom is 0.224 e. The first-order chi connectivity index (χ1) is 10.1. The highest BCUT2D eigenvalue weighted by atomic mass is 79.9. The number of hydrogen-bond donors (Lipinski definition) is 1. The number of amides is 1. The fourth-order valence-corrected chi connectivity index (χ4v) is 2.64. The summed E-state index contributed by atoms with van der Waals surface area (Å²) in [6.07, 6.45) is 1.26. The van der Waals surface area contributed by atoms with Crippen LogP contribution < -0.4 is 10.1 Å². The number of fused-ring (bicyclic) bond motifs is 1. The summed E-state index contributed by atoms with van der Waals surface area (Å²) in [6, 6.07) is 10.5. The molecule has 3 nitrogen and oxygen atoms in total. The standard InChI is InChI=1S/C16H13BrFNO2/c17-16-11(2-1-3-13(16)18)9-21-12-6-4-10-5-7-15(20)19-14(10)8-12/h1-4,6,8H,5,7,9H2,(H,19,20). The van der Waals surface area contributed by atoms with Gasteiger partial charge in [-0.3, -0.25) is 4.79 Å². The van der Waals surface area contributed by atoms with E-state index in [-0.39, 0.29) is 18.3 Å². The maximum absolute atomic E-state index is 13.4. The Hall–Kier alpha value is -1.88. The lowest BCUT2D eigenvalue weighted by molar-refractivity contribution is -0.116. The third-order valence-electron chi connectivity index (χ3n) is 3.40. The Morgan fingerprint density at radius 1 is 1.24 bits per heavy atom. The molecule has 0 aliphatic carbocycles. The van der Waals surface area contributed by atoms with Crippen molar-refractivity contribution in [2.45, 2.75) is 19.4 Å². The third kappa shape index (κ3) is 3.08. The molecule has 0 atom stereocenters. The summed E-state index contributed by atoms with van der Waals surface area (Å²) >= 11 is 3.21. The molecule has 0 bridgehead atoms. The van der Waals surface area contributed by atoms with Crippen molar-refractivity contribution in [3.8, 4) is 5.75 Å². The minimum Gasteiger partial charge on any atom is -0.489 e. The zero-order valence-corrected chi connectivity index (χ0v) is 12.7. The van der Waals surface area contributed by atoms with Gasteiger partial charge >= 0.3 is 0 Å². The largest absolute Gasteiger partial charge is 0.489 e. The van der Waals surface area contributed by atoms with E-state index in [1.807, 2.05) is 12.1 Å². The van der Waals surface area contributed by atoms with Gasteiger partial charge < -0.3 is 10.1 Å². The minimum absolute atomic E-state index is 0.0209. The topological polar surface area (TPSA) is 38.3 Å². The highest BCUT2D eigenvalue weighted by Gasteiger charge is 2.15. The van der Waals surface area contributed by atoms with Crippen molar-refractivity contribution < 1.29 is 13.9 Å². The van der Waals surface area contributed by atoms with Crippen LogP contribution in [-0.2, 0) is 17.8 Å². The summed E-state index contributed by atoms with van der Waals surface area (Å²) < 4.78 is 19.5. The molecule has 1 heterocycles. The zero-order valence-electron chi connectivity index (χ0n) is 11.2. The highest BCUT2D eigenvalue weighted by molar-refractivity contribution is 9.10. The Balaban J connectivity index is 1.75. The van der Waals surface area contributed by atoms with E-state index >= 15 is 0 Å². The molecular weight excluding hydrogens is 337 g/mol. The second-order valence-electron chi connectivity index (χ2n) is 4.87. The van der Waals surface area contributed by atoms with Crippen LogP contribution in [0.15, 0.2) is 40.9 Å². The van der Waals surface area contributed by atoms with E-state index in [0.29, 0.717) is 16.6 Å². The van der Waals surface area contributed by atoms with Crippen LogP contribution in [0.25, 0.3) is 0 Å². The lowest BCUT2D eigenvalue weighted by Crippen LogP contribution is -2.18. The first-order valence-electron chi connectivity index (χ1n) is 6.62. The van der Waals surface area contributed by atoms with Crippen LogP contribution in [0.3, 0.4) is 0 Å². The van der Waals surface area contributed by atoms with Crippen molar-refractivity contribution >= 4 is 27.5 Å². The normalized spacial score (nSPS) is 13.5. The fourth-order valence-electron chi connectivity index (χ4n) is 2.26. The molecule has 0 fully saturated rings. The smallest absolute Gasteiger partial charge is 0.224 e. The Morgan fingerprint density at radius 3 is 2.95 bits per heavy atom. The average molecular weight is 350 g/mol. The van der Waals surface area contributed by atoms with Crippen LogP contribution in [0.1, 0.15) is 17.5 Å². The Kier molecular flexibility index (Phi) is 3.92. The van der Waals surface area contributed by atoms with Crippen molar-refractivity contribution in [2.75, 3.05) is 5.32 Å². The summed E-state index contributed by atoms with van der Waals surface area (Å²) in [7, 11) is 0. The molecule has 5 heteroatoms. The van der Waals surface area contributed by atoms with E-state index in [0.717, 1.165) is 23.2 Å². The zero-order chi connectivity index (χ0) is 14.8. The number of ether oxygens (including phenoxy) is 1. The van der Waals surface area contributed by atoms with E-state index in [9.17, 15) is 9.18 Å². The molecule has 1 N–H and O–H groups in total. The van der Waals surface area contributed by atoms with Crippen LogP contribution in [0.2, 0.25) is 0 Å². The second-order valence-corrected chi connectivity index (χ2v) is 5.66. The van der Waals surface area contributed by atoms with Gasteiger partial charge in [0.1, 0.15) is 18.2 Å². The molecule has 0 saturated carbocycles. The summed E-state index contributed by atoms with van der Waals surface area (Å²) in [5, 5.41) is 2.83. The minimum atomic E-state index is -0.311. The van der Waals surface area contributed by atoms with Gasteiger partial charge in [0.05, 0.1) is 4.47 Å². The second kappa shape index (κ2) is 5.85. The molecule has 2 aromatic carbocycles. The van der Waals surface area contributed by atoms with Gasteiger partial charge in [0.2, 0.25) is 5.91 Å². The maximum atomic E-state index is 13.4. The van der Waals surface area contributed by atoms with Crippen molar-refractivity contribution in [1.82, 2.24) is 0 Å². The third-order valence-corrected chi connectivity index (χ3v) is 4.29. The first kappa shape index (κ1) is 14.1. The Labute approximate surface area is 130 Å². The number of halogens is 2. The van der Waals surface area contributed by atoms with Gasteiger partial charge in [-0.2, -0.15) is 0 Å². The molecule has 0 radical (unpaired) electrons. The van der Waals surface area contributed by atoms with E-state index in [4.69, 9.17) is 4.74 Å². The molecule has 0 saturated heterocycles. The van der Waals surface area contributed by atoms with Crippen molar-refractivity contribution in [3.63, 3.8) is 0 Å². The van der Waals surface area contributed by atoms with E-state index in [1.54, 1.807) is 18.2 Å². The van der Waals surface area contributed by atoms with Crippen molar-refractivity contribution in [2.24, 2.45) is 0 Å². The lowest BCUT2D eigenvalue weighted by atomic mass is 10.0. The summed E-state index contributed by atoms with van der Waals surface area (Å²) in [5.41, 5.74) is 2.63. The van der Waals surface area contributed by atoms with Gasteiger partial charge in [-0.15, -0.1) is 0 Å². The molecule has 3 rings (SSSR count). The quantitative estimate of drug-likeness (QED) is 0.907. The monoisotopic (exact) mass is 349 g/mol. The van der Waals surface area contributed by atoms with E-state index in [2.05, 4.69) is 21.2 Å². The number of aryl methyl sites for hydroxylation is 1. The molecule has 1 aliphatic heterocycles. The van der Waals surface area contributed by atoms with Gasteiger partial charge in [0.15, 0.2) is 0 Å². The first-order valence-corrected chi connectivity index (χ1v) is 7.41. The summed E-state index contributed by atoms with van der Waals surface area (Å²) in [4.78, 5) is 11.4. The summed E-state index contributed by atoms with van der Waals surface area (Å²) in [5.74, 6) is 0.355. The van der Waals surface area contributed by atoms with Gasteiger partial charge in [-0.1, -0.05) is 18.2 Å². The van der Waals surface area contributed by atoms with Gasteiger partial charge in [-0.25, -0.2) is 4.39 Å². The molecule has 1 aliphatic rings. The molecule has 0 spiro atoms. The fraction of sp³-hybridized carbons (Fsp3) is 0.188.